The van der Waals surface area contributed by atoms with Crippen LogP contribution in [0.25, 0.3) is 11.0 Å². The summed E-state index contributed by atoms with van der Waals surface area (Å²) in [6.45, 7) is 1.57. The number of amides is 2. The zero-order chi connectivity index (χ0) is 19.0. The van der Waals surface area contributed by atoms with E-state index in [2.05, 4.69) is 15.3 Å². The van der Waals surface area contributed by atoms with E-state index in [1.54, 1.807) is 13.0 Å². The van der Waals surface area contributed by atoms with E-state index in [0.29, 0.717) is 10.9 Å². The minimum Gasteiger partial charge on any atom is -0.384 e. The molecule has 9 nitrogen and oxygen atoms in total. The van der Waals surface area contributed by atoms with E-state index in [-0.39, 0.29) is 32.5 Å². The largest absolute Gasteiger partial charge is 0.384 e. The Bertz CT molecular complexity index is 1170. The van der Waals surface area contributed by atoms with E-state index in [0.717, 1.165) is 17.4 Å². The van der Waals surface area contributed by atoms with Crippen LogP contribution < -0.4 is 22.3 Å². The van der Waals surface area contributed by atoms with Crippen molar-refractivity contribution in [2.75, 3.05) is 11.1 Å². The van der Waals surface area contributed by atoms with Gasteiger partial charge < -0.3 is 21.8 Å². The lowest BCUT2D eigenvalue weighted by Gasteiger charge is -2.07. The molecule has 130 valence electrons. The summed E-state index contributed by atoms with van der Waals surface area (Å²) in [5.74, 6) is -1.12. The number of hydrogen-bond acceptors (Lipinski definition) is 7. The van der Waals surface area contributed by atoms with Gasteiger partial charge in [0.2, 0.25) is 5.56 Å². The molecule has 0 saturated heterocycles. The summed E-state index contributed by atoms with van der Waals surface area (Å²) in [6.07, 6.45) is 0. The van der Waals surface area contributed by atoms with Crippen molar-refractivity contribution < 1.29 is 9.59 Å². The summed E-state index contributed by atoms with van der Waals surface area (Å²) in [4.78, 5) is 42.6. The molecule has 3 aromatic rings. The number of nitriles is 1. The molecule has 3 aromatic heterocycles. The average Bonchev–Trinajstić information content (AvgIpc) is 2.89. The van der Waals surface area contributed by atoms with Gasteiger partial charge in [0.05, 0.1) is 16.0 Å². The van der Waals surface area contributed by atoms with Crippen LogP contribution in [0.3, 0.4) is 0 Å². The number of aromatic nitrogens is 2. The molecular formula is C16H12N6O3S. The van der Waals surface area contributed by atoms with E-state index in [1.165, 1.54) is 6.07 Å². The highest BCUT2D eigenvalue weighted by atomic mass is 32.1. The number of thiophene rings is 1. The second-order valence-electron chi connectivity index (χ2n) is 5.37. The number of carbonyl (C=O) groups is 2. The summed E-state index contributed by atoms with van der Waals surface area (Å²) < 4.78 is 0. The number of fused-ring (bicyclic) bond motifs is 1. The maximum atomic E-state index is 12.7. The third-order valence-corrected chi connectivity index (χ3v) is 4.90. The fraction of sp³-hybridized carbons (Fsp3) is 0.0625. The van der Waals surface area contributed by atoms with Crippen LogP contribution in [0, 0.1) is 18.3 Å². The third kappa shape index (κ3) is 2.87. The van der Waals surface area contributed by atoms with Crippen LogP contribution in [0.5, 0.6) is 0 Å². The molecule has 26 heavy (non-hydrogen) atoms. The number of H-pyrrole nitrogens is 1. The number of aromatic amines is 1. The van der Waals surface area contributed by atoms with Crippen molar-refractivity contribution in [1.82, 2.24) is 9.97 Å². The zero-order valence-corrected chi connectivity index (χ0v) is 14.2. The Kier molecular flexibility index (Phi) is 4.15. The molecule has 10 heteroatoms. The first kappa shape index (κ1) is 17.1. The Morgan fingerprint density at radius 1 is 1.38 bits per heavy atom. The van der Waals surface area contributed by atoms with Crippen molar-refractivity contribution in [3.8, 4) is 6.07 Å². The van der Waals surface area contributed by atoms with E-state index >= 15 is 0 Å². The van der Waals surface area contributed by atoms with Gasteiger partial charge in [-0.15, -0.1) is 11.3 Å². The highest BCUT2D eigenvalue weighted by Crippen LogP contribution is 2.32. The van der Waals surface area contributed by atoms with E-state index in [9.17, 15) is 19.6 Å². The van der Waals surface area contributed by atoms with Gasteiger partial charge in [-0.05, 0) is 24.6 Å². The van der Waals surface area contributed by atoms with Gasteiger partial charge in [0, 0.05) is 11.5 Å². The Morgan fingerprint density at radius 2 is 2.12 bits per heavy atom. The van der Waals surface area contributed by atoms with Gasteiger partial charge >= 0.3 is 0 Å². The number of pyridine rings is 2. The van der Waals surface area contributed by atoms with Crippen molar-refractivity contribution in [3.63, 3.8) is 0 Å². The number of carbonyl (C=O) groups excluding carboxylic acids is 2. The molecule has 0 saturated carbocycles. The number of primary amides is 1. The van der Waals surface area contributed by atoms with Crippen molar-refractivity contribution in [2.45, 2.75) is 6.92 Å². The molecule has 0 aliphatic carbocycles. The number of hydrogen-bond donors (Lipinski definition) is 4. The molecule has 0 atom stereocenters. The molecule has 0 aliphatic rings. The van der Waals surface area contributed by atoms with Crippen LogP contribution in [0.1, 0.15) is 31.2 Å². The van der Waals surface area contributed by atoms with Gasteiger partial charge in [-0.25, -0.2) is 4.98 Å². The lowest BCUT2D eigenvalue weighted by Crippen LogP contribution is -2.17. The average molecular weight is 368 g/mol. The monoisotopic (exact) mass is 368 g/mol. The first-order chi connectivity index (χ1) is 12.3. The first-order valence-electron chi connectivity index (χ1n) is 7.26. The molecule has 3 rings (SSSR count). The van der Waals surface area contributed by atoms with Gasteiger partial charge in [0.15, 0.2) is 0 Å². The number of nitrogens with one attached hydrogen (secondary N) is 2. The Labute approximate surface area is 150 Å². The Hall–Kier alpha value is -3.71. The molecule has 0 spiro atoms. The highest BCUT2D eigenvalue weighted by molar-refractivity contribution is 7.18. The standard InChI is InChI=1S/C16H12N6O3S/c1-6-9(5-17)16(26-12(6)13(19)24)22-15(25)8-4-11(23)21-14-7(8)2-3-10(18)20-14/h2-4H,1H3,(H2,19,24)(H,22,25)(H3,18,20,21,23). The summed E-state index contributed by atoms with van der Waals surface area (Å²) in [6, 6.07) is 6.12. The van der Waals surface area contributed by atoms with Crippen molar-refractivity contribution >= 4 is 45.0 Å². The summed E-state index contributed by atoms with van der Waals surface area (Å²) in [7, 11) is 0. The zero-order valence-electron chi connectivity index (χ0n) is 13.4. The van der Waals surface area contributed by atoms with Gasteiger partial charge in [0.25, 0.3) is 11.8 Å². The van der Waals surface area contributed by atoms with Crippen LogP contribution in [0.4, 0.5) is 10.8 Å². The first-order valence-corrected chi connectivity index (χ1v) is 8.07. The molecule has 2 amide bonds. The van der Waals surface area contributed by atoms with Crippen molar-refractivity contribution in [1.29, 1.82) is 5.26 Å². The number of anilines is 2. The topological polar surface area (TPSA) is 168 Å². The lowest BCUT2D eigenvalue weighted by molar-refractivity contribution is 0.100. The summed E-state index contributed by atoms with van der Waals surface area (Å²) in [5.41, 5.74) is 11.1. The van der Waals surface area contributed by atoms with Crippen LogP contribution in [0.15, 0.2) is 23.0 Å². The minimum atomic E-state index is -0.689. The number of nitrogens with two attached hydrogens (primary N) is 2. The number of nitrogen functional groups attached to an aromatic ring is 1. The van der Waals surface area contributed by atoms with Crippen LogP contribution in [-0.2, 0) is 0 Å². The maximum Gasteiger partial charge on any atom is 0.259 e. The van der Waals surface area contributed by atoms with Crippen LogP contribution in [0.2, 0.25) is 0 Å². The molecule has 0 aliphatic heterocycles. The molecule has 6 N–H and O–H groups in total. The lowest BCUT2D eigenvalue weighted by atomic mass is 10.1. The Morgan fingerprint density at radius 3 is 2.77 bits per heavy atom. The highest BCUT2D eigenvalue weighted by Gasteiger charge is 2.21. The molecule has 0 bridgehead atoms. The molecule has 0 unspecified atom stereocenters. The van der Waals surface area contributed by atoms with Gasteiger partial charge in [-0.3, -0.25) is 14.4 Å². The number of nitrogens with zero attached hydrogens (tertiary/aromatic N) is 2. The van der Waals surface area contributed by atoms with Gasteiger partial charge in [-0.1, -0.05) is 0 Å². The molecule has 0 aromatic carbocycles. The predicted molar refractivity (Wildman–Crippen MR) is 97.0 cm³/mol. The quantitative estimate of drug-likeness (QED) is 0.539. The third-order valence-electron chi connectivity index (χ3n) is 3.68. The molecule has 0 fully saturated rings. The van der Waals surface area contributed by atoms with E-state index in [4.69, 9.17) is 11.5 Å². The number of rotatable bonds is 3. The fourth-order valence-corrected chi connectivity index (χ4v) is 3.48. The van der Waals surface area contributed by atoms with E-state index in [1.807, 2.05) is 6.07 Å². The smallest absolute Gasteiger partial charge is 0.259 e. The van der Waals surface area contributed by atoms with Crippen LogP contribution in [-0.4, -0.2) is 21.8 Å². The van der Waals surface area contributed by atoms with Crippen molar-refractivity contribution in [2.24, 2.45) is 5.73 Å². The van der Waals surface area contributed by atoms with E-state index < -0.39 is 17.4 Å². The fourth-order valence-electron chi connectivity index (χ4n) is 2.48. The second-order valence-corrected chi connectivity index (χ2v) is 6.39. The van der Waals surface area contributed by atoms with Gasteiger partial charge in [0.1, 0.15) is 22.5 Å². The molecule has 3 heterocycles. The molecule has 0 radical (unpaired) electrons. The maximum absolute atomic E-state index is 12.7. The molecular weight excluding hydrogens is 356 g/mol. The SMILES string of the molecule is Cc1c(C(N)=O)sc(NC(=O)c2cc(=O)[nH]c3nc(N)ccc23)c1C#N. The van der Waals surface area contributed by atoms with Crippen LogP contribution >= 0.6 is 11.3 Å². The summed E-state index contributed by atoms with van der Waals surface area (Å²) >= 11 is 0.903. The minimum absolute atomic E-state index is 0.0619. The summed E-state index contributed by atoms with van der Waals surface area (Å²) in [5, 5.41) is 12.4. The predicted octanol–water partition coefficient (Wildman–Crippen LogP) is 1.10. The Balaban J connectivity index is 2.09. The van der Waals surface area contributed by atoms with Crippen molar-refractivity contribution in [3.05, 3.63) is 50.1 Å². The normalized spacial score (nSPS) is 10.5. The van der Waals surface area contributed by atoms with Gasteiger partial charge in [-0.2, -0.15) is 5.26 Å². The second kappa shape index (κ2) is 6.30.